The number of nitrogens with one attached hydrogen (secondary N) is 1. The van der Waals surface area contributed by atoms with Crippen LogP contribution in [0.15, 0.2) is 71.1 Å². The third-order valence-corrected chi connectivity index (χ3v) is 5.57. The zero-order valence-electron chi connectivity index (χ0n) is 18.7. The number of carboxylic acid groups (broad SMARTS) is 1. The Bertz CT molecular complexity index is 1340. The Morgan fingerprint density at radius 2 is 1.65 bits per heavy atom. The normalized spacial score (nSPS) is 11.9. The standard InChI is InChI=1S/C27H25NO6/c1-2-3-14-33-19-11-8-17(9-12-19)26(30)28-22(27(31)32)16-23(29)18-10-13-25-21(15-18)20-6-4-5-7-24(20)34-25/h4-13,15,22H,2-3,14,16H2,1H3,(H,28,30)(H,31,32). The van der Waals surface area contributed by atoms with E-state index in [4.69, 9.17) is 9.15 Å². The number of para-hydroxylation sites is 1. The SMILES string of the molecule is CCCCOc1ccc(C(=O)NC(CC(=O)c2ccc3oc4ccccc4c3c2)C(=O)O)cc1. The minimum Gasteiger partial charge on any atom is -0.494 e. The van der Waals surface area contributed by atoms with Crippen LogP contribution < -0.4 is 10.1 Å². The molecule has 0 saturated heterocycles. The number of aliphatic carboxylic acids is 1. The zero-order valence-corrected chi connectivity index (χ0v) is 18.7. The van der Waals surface area contributed by atoms with Gasteiger partial charge in [0.05, 0.1) is 6.61 Å². The van der Waals surface area contributed by atoms with Crippen LogP contribution in [-0.4, -0.2) is 35.4 Å². The topological polar surface area (TPSA) is 106 Å². The lowest BCUT2D eigenvalue weighted by molar-refractivity contribution is -0.139. The van der Waals surface area contributed by atoms with Crippen LogP contribution in [0.1, 0.15) is 46.9 Å². The summed E-state index contributed by atoms with van der Waals surface area (Å²) in [6.07, 6.45) is 1.57. The number of furan rings is 1. The van der Waals surface area contributed by atoms with Gasteiger partial charge in [-0.25, -0.2) is 4.79 Å². The first-order valence-electron chi connectivity index (χ1n) is 11.2. The number of hydrogen-bond donors (Lipinski definition) is 2. The van der Waals surface area contributed by atoms with Crippen LogP contribution in [0, 0.1) is 0 Å². The second kappa shape index (κ2) is 10.2. The van der Waals surface area contributed by atoms with Crippen LogP contribution in [0.25, 0.3) is 21.9 Å². The summed E-state index contributed by atoms with van der Waals surface area (Å²) in [4.78, 5) is 37.3. The summed E-state index contributed by atoms with van der Waals surface area (Å²) >= 11 is 0. The van der Waals surface area contributed by atoms with Crippen molar-refractivity contribution in [3.8, 4) is 5.75 Å². The summed E-state index contributed by atoms with van der Waals surface area (Å²) in [5, 5.41) is 13.7. The van der Waals surface area contributed by atoms with E-state index in [9.17, 15) is 19.5 Å². The molecule has 7 heteroatoms. The zero-order chi connectivity index (χ0) is 24.1. The van der Waals surface area contributed by atoms with Crippen molar-refractivity contribution in [3.63, 3.8) is 0 Å². The van der Waals surface area contributed by atoms with Gasteiger partial charge in [0.1, 0.15) is 23.0 Å². The molecule has 3 aromatic carbocycles. The Morgan fingerprint density at radius 1 is 0.941 bits per heavy atom. The van der Waals surface area contributed by atoms with Crippen LogP contribution >= 0.6 is 0 Å². The largest absolute Gasteiger partial charge is 0.494 e. The maximum Gasteiger partial charge on any atom is 0.326 e. The molecule has 0 bridgehead atoms. The Kier molecular flexibility index (Phi) is 6.92. The fraction of sp³-hybridized carbons (Fsp3) is 0.222. The van der Waals surface area contributed by atoms with E-state index in [2.05, 4.69) is 12.2 Å². The third-order valence-electron chi connectivity index (χ3n) is 5.57. The first-order valence-corrected chi connectivity index (χ1v) is 11.2. The van der Waals surface area contributed by atoms with Crippen LogP contribution in [0.5, 0.6) is 5.75 Å². The average molecular weight is 459 g/mol. The summed E-state index contributed by atoms with van der Waals surface area (Å²) in [5.41, 5.74) is 1.99. The van der Waals surface area contributed by atoms with Crippen molar-refractivity contribution >= 4 is 39.6 Å². The molecule has 1 aromatic heterocycles. The quantitative estimate of drug-likeness (QED) is 0.249. The van der Waals surface area contributed by atoms with E-state index in [0.717, 1.165) is 23.6 Å². The molecule has 1 heterocycles. The van der Waals surface area contributed by atoms with Crippen LogP contribution in [-0.2, 0) is 4.79 Å². The molecular formula is C27H25NO6. The summed E-state index contributed by atoms with van der Waals surface area (Å²) in [7, 11) is 0. The van der Waals surface area contributed by atoms with Crippen LogP contribution in [0.2, 0.25) is 0 Å². The molecule has 0 spiro atoms. The van der Waals surface area contributed by atoms with Gasteiger partial charge in [0.15, 0.2) is 5.78 Å². The second-order valence-corrected chi connectivity index (χ2v) is 8.03. The Labute approximate surface area is 196 Å². The van der Waals surface area contributed by atoms with E-state index in [1.807, 2.05) is 24.3 Å². The number of Topliss-reactive ketones (excluding diaryl/α,β-unsaturated/α-hetero) is 1. The second-order valence-electron chi connectivity index (χ2n) is 8.03. The molecule has 4 aromatic rings. The first-order chi connectivity index (χ1) is 16.5. The molecule has 0 radical (unpaired) electrons. The van der Waals surface area contributed by atoms with Gasteiger partial charge >= 0.3 is 5.97 Å². The highest BCUT2D eigenvalue weighted by Crippen LogP contribution is 2.29. The number of benzene rings is 3. The highest BCUT2D eigenvalue weighted by Gasteiger charge is 2.25. The Balaban J connectivity index is 1.45. The molecule has 7 nitrogen and oxygen atoms in total. The number of amides is 1. The predicted molar refractivity (Wildman–Crippen MR) is 128 cm³/mol. The molecule has 0 aliphatic rings. The number of carbonyl (C=O) groups excluding carboxylic acids is 2. The molecule has 0 saturated carbocycles. The highest BCUT2D eigenvalue weighted by molar-refractivity contribution is 6.09. The van der Waals surface area contributed by atoms with E-state index in [-0.39, 0.29) is 17.8 Å². The molecule has 1 unspecified atom stereocenters. The van der Waals surface area contributed by atoms with Gasteiger partial charge in [0, 0.05) is 28.3 Å². The van der Waals surface area contributed by atoms with Gasteiger partial charge in [0.25, 0.3) is 5.91 Å². The lowest BCUT2D eigenvalue weighted by atomic mass is 10.0. The molecule has 4 rings (SSSR count). The smallest absolute Gasteiger partial charge is 0.326 e. The van der Waals surface area contributed by atoms with E-state index in [1.165, 1.54) is 0 Å². The number of carboxylic acids is 1. The minimum absolute atomic E-state index is 0.285. The van der Waals surface area contributed by atoms with E-state index >= 15 is 0 Å². The molecule has 1 amide bonds. The molecule has 0 aliphatic heterocycles. The Hall–Kier alpha value is -4.13. The van der Waals surface area contributed by atoms with Gasteiger partial charge in [-0.15, -0.1) is 0 Å². The molecule has 0 aliphatic carbocycles. The summed E-state index contributed by atoms with van der Waals surface area (Å²) in [6.45, 7) is 2.66. The van der Waals surface area contributed by atoms with Crippen molar-refractivity contribution in [3.05, 3.63) is 77.9 Å². The monoisotopic (exact) mass is 459 g/mol. The number of unbranched alkanes of at least 4 members (excludes halogenated alkanes) is 1. The maximum atomic E-state index is 12.9. The van der Waals surface area contributed by atoms with E-state index in [1.54, 1.807) is 42.5 Å². The van der Waals surface area contributed by atoms with Crippen LogP contribution in [0.3, 0.4) is 0 Å². The van der Waals surface area contributed by atoms with Gasteiger partial charge in [-0.3, -0.25) is 9.59 Å². The number of ketones is 1. The van der Waals surface area contributed by atoms with Crippen molar-refractivity contribution in [1.29, 1.82) is 0 Å². The average Bonchev–Trinajstić information content (AvgIpc) is 3.22. The number of rotatable bonds is 10. The van der Waals surface area contributed by atoms with Gasteiger partial charge in [-0.05, 0) is 55.0 Å². The van der Waals surface area contributed by atoms with Crippen molar-refractivity contribution in [2.75, 3.05) is 6.61 Å². The van der Waals surface area contributed by atoms with Gasteiger partial charge in [-0.1, -0.05) is 31.5 Å². The van der Waals surface area contributed by atoms with E-state index in [0.29, 0.717) is 29.1 Å². The van der Waals surface area contributed by atoms with Crippen LogP contribution in [0.4, 0.5) is 0 Å². The molecule has 0 fully saturated rings. The Morgan fingerprint density at radius 3 is 2.38 bits per heavy atom. The van der Waals surface area contributed by atoms with Gasteiger partial charge in [0.2, 0.25) is 0 Å². The minimum atomic E-state index is -1.36. The third kappa shape index (κ3) is 5.09. The van der Waals surface area contributed by atoms with Gasteiger partial charge in [-0.2, -0.15) is 0 Å². The summed E-state index contributed by atoms with van der Waals surface area (Å²) < 4.78 is 11.3. The number of fused-ring (bicyclic) bond motifs is 3. The van der Waals surface area contributed by atoms with Crippen molar-refractivity contribution in [1.82, 2.24) is 5.32 Å². The molecule has 2 N–H and O–H groups in total. The molecular weight excluding hydrogens is 434 g/mol. The number of hydrogen-bond acceptors (Lipinski definition) is 5. The number of carbonyl (C=O) groups is 3. The molecule has 174 valence electrons. The van der Waals surface area contributed by atoms with Crippen molar-refractivity contribution in [2.45, 2.75) is 32.2 Å². The molecule has 34 heavy (non-hydrogen) atoms. The lowest BCUT2D eigenvalue weighted by Crippen LogP contribution is -2.42. The summed E-state index contributed by atoms with van der Waals surface area (Å²) in [6, 6.07) is 17.6. The highest BCUT2D eigenvalue weighted by atomic mass is 16.5. The molecule has 1 atom stereocenters. The van der Waals surface area contributed by atoms with Crippen molar-refractivity contribution < 1.29 is 28.6 Å². The lowest BCUT2D eigenvalue weighted by Gasteiger charge is -2.14. The predicted octanol–water partition coefficient (Wildman–Crippen LogP) is 5.22. The fourth-order valence-electron chi connectivity index (χ4n) is 3.68. The van der Waals surface area contributed by atoms with Gasteiger partial charge < -0.3 is 19.6 Å². The first kappa shape index (κ1) is 23.0. The van der Waals surface area contributed by atoms with E-state index < -0.39 is 17.9 Å². The fourth-order valence-corrected chi connectivity index (χ4v) is 3.68. The maximum absolute atomic E-state index is 12.9. The van der Waals surface area contributed by atoms with Crippen molar-refractivity contribution in [2.24, 2.45) is 0 Å². The number of ether oxygens (including phenoxy) is 1. The summed E-state index contributed by atoms with van der Waals surface area (Å²) in [5.74, 6) is -1.61.